The molecule has 0 saturated heterocycles. The predicted octanol–water partition coefficient (Wildman–Crippen LogP) is 6.52. The van der Waals surface area contributed by atoms with Crippen molar-refractivity contribution in [1.82, 2.24) is 0 Å². The standard InChI is InChI=1S/C12H8O.C12H10/c1-3-7-11-9(5-1)10-6-2-4-8-12(10)13-11;1-3-9-4-2-6-11-8-7-10(5-1)12(9)11/h1-8H;1-6H,7-8H2. The topological polar surface area (TPSA) is 13.1 Å². The molecule has 0 atom stereocenters. The van der Waals surface area contributed by atoms with E-state index in [0.717, 1.165) is 11.2 Å². The second-order valence-electron chi connectivity index (χ2n) is 6.53. The molecule has 1 heterocycles. The first kappa shape index (κ1) is 14.3. The molecule has 0 fully saturated rings. The predicted molar refractivity (Wildman–Crippen MR) is 105 cm³/mol. The molecule has 6 rings (SSSR count). The third-order valence-electron chi connectivity index (χ3n) is 5.03. The van der Waals surface area contributed by atoms with E-state index in [1.165, 1.54) is 45.5 Å². The van der Waals surface area contributed by atoms with Crippen LogP contribution >= 0.6 is 0 Å². The SMILES string of the molecule is c1cc2c3c(cccc3c1)CC2.c1ccc2c(c1)oc1ccccc12. The van der Waals surface area contributed by atoms with E-state index in [1.54, 1.807) is 0 Å². The van der Waals surface area contributed by atoms with Crippen molar-refractivity contribution < 1.29 is 4.42 Å². The lowest BCUT2D eigenvalue weighted by atomic mass is 10.1. The summed E-state index contributed by atoms with van der Waals surface area (Å²) >= 11 is 0. The highest BCUT2D eigenvalue weighted by atomic mass is 16.3. The number of furan rings is 1. The molecule has 1 aliphatic rings. The van der Waals surface area contributed by atoms with Gasteiger partial charge in [0.05, 0.1) is 0 Å². The van der Waals surface area contributed by atoms with Gasteiger partial charge in [-0.2, -0.15) is 0 Å². The molecule has 0 saturated carbocycles. The zero-order valence-electron chi connectivity index (χ0n) is 13.9. The number of benzene rings is 4. The summed E-state index contributed by atoms with van der Waals surface area (Å²) in [5.41, 5.74) is 4.98. The molecule has 5 aromatic rings. The molecule has 0 amide bonds. The molecule has 0 radical (unpaired) electrons. The van der Waals surface area contributed by atoms with Crippen molar-refractivity contribution in [2.24, 2.45) is 0 Å². The zero-order valence-corrected chi connectivity index (χ0v) is 13.9. The van der Waals surface area contributed by atoms with E-state index in [-0.39, 0.29) is 0 Å². The third-order valence-corrected chi connectivity index (χ3v) is 5.03. The Morgan fingerprint density at radius 2 is 1.04 bits per heavy atom. The fourth-order valence-electron chi connectivity index (χ4n) is 3.86. The summed E-state index contributed by atoms with van der Waals surface area (Å²) in [5.74, 6) is 0. The van der Waals surface area contributed by atoms with Gasteiger partial charge in [0.25, 0.3) is 0 Å². The van der Waals surface area contributed by atoms with Crippen LogP contribution in [0.1, 0.15) is 11.1 Å². The second kappa shape index (κ2) is 5.78. The van der Waals surface area contributed by atoms with Gasteiger partial charge in [0.1, 0.15) is 11.2 Å². The molecule has 120 valence electrons. The number of hydrogen-bond donors (Lipinski definition) is 0. The van der Waals surface area contributed by atoms with Gasteiger partial charge in [-0.1, -0.05) is 72.8 Å². The number of aryl methyl sites for hydroxylation is 2. The molecule has 1 heteroatoms. The van der Waals surface area contributed by atoms with Crippen molar-refractivity contribution >= 4 is 32.7 Å². The van der Waals surface area contributed by atoms with Gasteiger partial charge in [0.2, 0.25) is 0 Å². The lowest BCUT2D eigenvalue weighted by molar-refractivity contribution is 0.669. The Balaban J connectivity index is 0.000000112. The number of para-hydroxylation sites is 2. The average molecular weight is 322 g/mol. The summed E-state index contributed by atoms with van der Waals surface area (Å²) < 4.78 is 5.65. The summed E-state index contributed by atoms with van der Waals surface area (Å²) in [5, 5.41) is 5.30. The summed E-state index contributed by atoms with van der Waals surface area (Å²) in [6.07, 6.45) is 2.47. The van der Waals surface area contributed by atoms with Crippen molar-refractivity contribution in [3.8, 4) is 0 Å². The Labute approximate surface area is 146 Å². The lowest BCUT2D eigenvalue weighted by Gasteiger charge is -1.99. The van der Waals surface area contributed by atoms with Gasteiger partial charge >= 0.3 is 0 Å². The minimum Gasteiger partial charge on any atom is -0.456 e. The molecule has 0 N–H and O–H groups in total. The first-order chi connectivity index (χ1) is 12.4. The van der Waals surface area contributed by atoms with Crippen LogP contribution in [0.5, 0.6) is 0 Å². The quantitative estimate of drug-likeness (QED) is 0.316. The fraction of sp³-hybridized carbons (Fsp3) is 0.0833. The van der Waals surface area contributed by atoms with Gasteiger partial charge in [-0.3, -0.25) is 0 Å². The van der Waals surface area contributed by atoms with Crippen molar-refractivity contribution in [3.63, 3.8) is 0 Å². The molecule has 0 unspecified atom stereocenters. The van der Waals surface area contributed by atoms with Crippen molar-refractivity contribution in [3.05, 3.63) is 96.1 Å². The number of hydrogen-bond acceptors (Lipinski definition) is 1. The van der Waals surface area contributed by atoms with Gasteiger partial charge in [-0.15, -0.1) is 0 Å². The molecule has 0 aliphatic heterocycles. The zero-order chi connectivity index (χ0) is 16.6. The highest BCUT2D eigenvalue weighted by Gasteiger charge is 2.12. The summed E-state index contributed by atoms with van der Waals surface area (Å²) in [7, 11) is 0. The molecular weight excluding hydrogens is 304 g/mol. The van der Waals surface area contributed by atoms with Crippen LogP contribution in [0.15, 0.2) is 89.3 Å². The van der Waals surface area contributed by atoms with Gasteiger partial charge in [-0.05, 0) is 46.9 Å². The molecule has 4 aromatic carbocycles. The number of rotatable bonds is 0. The maximum absolute atomic E-state index is 5.65. The normalized spacial score (nSPS) is 12.5. The molecular formula is C24H18O. The van der Waals surface area contributed by atoms with Crippen LogP contribution in [-0.4, -0.2) is 0 Å². The van der Waals surface area contributed by atoms with Crippen LogP contribution in [0.2, 0.25) is 0 Å². The highest BCUT2D eigenvalue weighted by molar-refractivity contribution is 6.04. The Kier molecular flexibility index (Phi) is 3.31. The summed E-state index contributed by atoms with van der Waals surface area (Å²) in [4.78, 5) is 0. The van der Waals surface area contributed by atoms with Gasteiger partial charge in [-0.25, -0.2) is 0 Å². The first-order valence-corrected chi connectivity index (χ1v) is 8.76. The van der Waals surface area contributed by atoms with E-state index in [1.807, 2.05) is 36.4 Å². The molecule has 0 bridgehead atoms. The van der Waals surface area contributed by atoms with E-state index in [9.17, 15) is 0 Å². The monoisotopic (exact) mass is 322 g/mol. The van der Waals surface area contributed by atoms with E-state index in [0.29, 0.717) is 0 Å². The molecule has 1 aliphatic carbocycles. The largest absolute Gasteiger partial charge is 0.456 e. The minimum atomic E-state index is 0.962. The Bertz CT molecular complexity index is 1110. The third kappa shape index (κ3) is 2.40. The first-order valence-electron chi connectivity index (χ1n) is 8.76. The van der Waals surface area contributed by atoms with Gasteiger partial charge < -0.3 is 4.42 Å². The van der Waals surface area contributed by atoms with E-state index < -0.39 is 0 Å². The average Bonchev–Trinajstić information content (AvgIpc) is 3.26. The van der Waals surface area contributed by atoms with Crippen LogP contribution in [-0.2, 0) is 12.8 Å². The van der Waals surface area contributed by atoms with Crippen molar-refractivity contribution in [2.45, 2.75) is 12.8 Å². The van der Waals surface area contributed by atoms with E-state index in [4.69, 9.17) is 4.42 Å². The van der Waals surface area contributed by atoms with Crippen LogP contribution in [0.25, 0.3) is 32.7 Å². The van der Waals surface area contributed by atoms with Crippen LogP contribution in [0.4, 0.5) is 0 Å². The van der Waals surface area contributed by atoms with E-state index in [2.05, 4.69) is 48.5 Å². The van der Waals surface area contributed by atoms with Crippen LogP contribution in [0.3, 0.4) is 0 Å². The van der Waals surface area contributed by atoms with Gasteiger partial charge in [0.15, 0.2) is 0 Å². The molecule has 25 heavy (non-hydrogen) atoms. The van der Waals surface area contributed by atoms with Gasteiger partial charge in [0, 0.05) is 10.8 Å². The fourth-order valence-corrected chi connectivity index (χ4v) is 3.86. The van der Waals surface area contributed by atoms with Crippen LogP contribution in [0, 0.1) is 0 Å². The van der Waals surface area contributed by atoms with Crippen molar-refractivity contribution in [2.75, 3.05) is 0 Å². The smallest absolute Gasteiger partial charge is 0.135 e. The number of fused-ring (bicyclic) bond motifs is 3. The van der Waals surface area contributed by atoms with E-state index >= 15 is 0 Å². The summed E-state index contributed by atoms with van der Waals surface area (Å²) in [6.45, 7) is 0. The maximum atomic E-state index is 5.65. The second-order valence-corrected chi connectivity index (χ2v) is 6.53. The Morgan fingerprint density at radius 1 is 0.520 bits per heavy atom. The van der Waals surface area contributed by atoms with Crippen LogP contribution < -0.4 is 0 Å². The van der Waals surface area contributed by atoms with Crippen molar-refractivity contribution in [1.29, 1.82) is 0 Å². The minimum absolute atomic E-state index is 0.962. The Morgan fingerprint density at radius 3 is 1.60 bits per heavy atom. The molecule has 1 nitrogen and oxygen atoms in total. The summed E-state index contributed by atoms with van der Waals surface area (Å²) in [6, 6.07) is 29.4. The molecule has 0 spiro atoms. The lowest BCUT2D eigenvalue weighted by Crippen LogP contribution is -1.76. The highest BCUT2D eigenvalue weighted by Crippen LogP contribution is 2.30. The molecule has 1 aromatic heterocycles. The maximum Gasteiger partial charge on any atom is 0.135 e. The Hall–Kier alpha value is -3.06.